The number of ether oxygens (including phenoxy) is 1. The largest absolute Gasteiger partial charge is 0.457 e. The molecule has 1 unspecified atom stereocenters. The first-order valence-corrected chi connectivity index (χ1v) is 14.5. The summed E-state index contributed by atoms with van der Waals surface area (Å²) in [4.78, 5) is 35.6. The fourth-order valence-corrected chi connectivity index (χ4v) is 6.79. The standard InChI is InChI=1S/C26H23F3N6O3S2/c1-30-24(37)21-12-16(6-8-31-21)38-15-3-5-19-20(11-15)35-25(34-19)33-14-2-4-18(17(10-14)26(27,28)29)32-13-22(36)23-7-9-39-40-23/h2-6,8,10-12,23,32H,7,9,13H2,1H3,(H,30,37)(H2,33,34,35). The quantitative estimate of drug-likeness (QED) is 0.174. The molecule has 3 heterocycles. The van der Waals surface area contributed by atoms with Crippen LogP contribution in [0.5, 0.6) is 11.5 Å². The second kappa shape index (κ2) is 11.7. The predicted molar refractivity (Wildman–Crippen MR) is 150 cm³/mol. The zero-order valence-electron chi connectivity index (χ0n) is 21.0. The van der Waals surface area contributed by atoms with Crippen LogP contribution in [0.1, 0.15) is 22.5 Å². The number of halogens is 3. The fourth-order valence-electron chi connectivity index (χ4n) is 3.97. The van der Waals surface area contributed by atoms with Gasteiger partial charge in [-0.15, -0.1) is 0 Å². The third-order valence-electron chi connectivity index (χ3n) is 5.93. The molecule has 2 aromatic heterocycles. The highest BCUT2D eigenvalue weighted by Crippen LogP contribution is 2.39. The fraction of sp³-hybridized carbons (Fsp3) is 0.231. The first-order valence-electron chi connectivity index (χ1n) is 12.1. The average Bonchev–Trinajstić information content (AvgIpc) is 3.61. The van der Waals surface area contributed by atoms with Gasteiger partial charge in [0.25, 0.3) is 5.91 Å². The number of H-pyrrole nitrogens is 1. The Bertz CT molecular complexity index is 1560. The van der Waals surface area contributed by atoms with Gasteiger partial charge in [-0.05, 0) is 42.8 Å². The van der Waals surface area contributed by atoms with Crippen molar-refractivity contribution in [3.05, 3.63) is 66.0 Å². The van der Waals surface area contributed by atoms with Crippen molar-refractivity contribution < 1.29 is 27.5 Å². The second-order valence-corrected chi connectivity index (χ2v) is 11.4. The lowest BCUT2D eigenvalue weighted by atomic mass is 10.1. The first-order chi connectivity index (χ1) is 19.2. The van der Waals surface area contributed by atoms with E-state index in [1.165, 1.54) is 42.2 Å². The molecule has 1 atom stereocenters. The highest BCUT2D eigenvalue weighted by atomic mass is 33.1. The molecule has 5 rings (SSSR count). The molecule has 208 valence electrons. The van der Waals surface area contributed by atoms with E-state index in [0.29, 0.717) is 22.5 Å². The van der Waals surface area contributed by atoms with Gasteiger partial charge in [0.1, 0.15) is 17.2 Å². The molecule has 0 radical (unpaired) electrons. The number of Topliss-reactive ketones (excluding diaryl/α,β-unsaturated/α-hetero) is 1. The van der Waals surface area contributed by atoms with Gasteiger partial charge >= 0.3 is 6.18 Å². The van der Waals surface area contributed by atoms with Gasteiger partial charge in [0, 0.05) is 42.5 Å². The van der Waals surface area contributed by atoms with E-state index in [1.807, 2.05) is 0 Å². The lowest BCUT2D eigenvalue weighted by Gasteiger charge is -2.17. The maximum Gasteiger partial charge on any atom is 0.418 e. The van der Waals surface area contributed by atoms with Crippen molar-refractivity contribution >= 4 is 61.6 Å². The van der Waals surface area contributed by atoms with Crippen LogP contribution in [0.2, 0.25) is 0 Å². The van der Waals surface area contributed by atoms with Crippen LogP contribution in [0, 0.1) is 0 Å². The number of hydrogen-bond donors (Lipinski definition) is 4. The number of nitrogens with zero attached hydrogens (tertiary/aromatic N) is 2. The number of aromatic nitrogens is 3. The van der Waals surface area contributed by atoms with Crippen LogP contribution in [0.25, 0.3) is 11.0 Å². The molecule has 1 fully saturated rings. The van der Waals surface area contributed by atoms with E-state index in [-0.39, 0.29) is 46.5 Å². The molecule has 4 N–H and O–H groups in total. The summed E-state index contributed by atoms with van der Waals surface area (Å²) in [5.74, 6) is 1.48. The Balaban J connectivity index is 1.31. The highest BCUT2D eigenvalue weighted by molar-refractivity contribution is 8.77. The number of aromatic amines is 1. The van der Waals surface area contributed by atoms with Crippen LogP contribution in [-0.4, -0.2) is 51.2 Å². The van der Waals surface area contributed by atoms with Crippen LogP contribution >= 0.6 is 21.6 Å². The smallest absolute Gasteiger partial charge is 0.418 e. The van der Waals surface area contributed by atoms with E-state index in [4.69, 9.17) is 4.74 Å². The van der Waals surface area contributed by atoms with Crippen molar-refractivity contribution in [1.82, 2.24) is 20.3 Å². The molecule has 9 nitrogen and oxygen atoms in total. The van der Waals surface area contributed by atoms with Crippen molar-refractivity contribution in [1.29, 1.82) is 0 Å². The van der Waals surface area contributed by atoms with Gasteiger partial charge in [-0.25, -0.2) is 4.98 Å². The average molecular weight is 589 g/mol. The van der Waals surface area contributed by atoms with Gasteiger partial charge in [-0.1, -0.05) is 21.6 Å². The Morgan fingerprint density at radius 1 is 1.12 bits per heavy atom. The van der Waals surface area contributed by atoms with E-state index in [1.54, 1.807) is 35.1 Å². The number of nitrogens with one attached hydrogen (secondary N) is 4. The minimum Gasteiger partial charge on any atom is -0.457 e. The Morgan fingerprint density at radius 3 is 2.70 bits per heavy atom. The third kappa shape index (κ3) is 6.45. The van der Waals surface area contributed by atoms with E-state index >= 15 is 0 Å². The minimum absolute atomic E-state index is 0.119. The SMILES string of the molecule is CNC(=O)c1cc(Oc2ccc3nc(Nc4ccc(NCC(=O)C5CCSS5)c(C(F)(F)F)c4)[nH]c3c2)ccn1. The molecule has 0 spiro atoms. The van der Waals surface area contributed by atoms with E-state index in [9.17, 15) is 22.8 Å². The maximum absolute atomic E-state index is 13.8. The second-order valence-electron chi connectivity index (χ2n) is 8.72. The number of carbonyl (C=O) groups excluding carboxylic acids is 2. The van der Waals surface area contributed by atoms with E-state index in [0.717, 1.165) is 18.2 Å². The number of amides is 1. The summed E-state index contributed by atoms with van der Waals surface area (Å²) in [6.45, 7) is -0.172. The number of hydrogen-bond acceptors (Lipinski definition) is 9. The zero-order valence-corrected chi connectivity index (χ0v) is 22.6. The van der Waals surface area contributed by atoms with Gasteiger partial charge in [-0.3, -0.25) is 14.6 Å². The van der Waals surface area contributed by atoms with Crippen molar-refractivity contribution in [3.8, 4) is 11.5 Å². The number of ketones is 1. The predicted octanol–water partition coefficient (Wildman–Crippen LogP) is 6.01. The van der Waals surface area contributed by atoms with E-state index < -0.39 is 11.7 Å². The third-order valence-corrected chi connectivity index (χ3v) is 8.80. The maximum atomic E-state index is 13.8. The molecule has 1 saturated heterocycles. The topological polar surface area (TPSA) is 121 Å². The monoisotopic (exact) mass is 588 g/mol. The molecule has 0 aliphatic carbocycles. The molecule has 4 aromatic rings. The van der Waals surface area contributed by atoms with Crippen LogP contribution in [0.15, 0.2) is 54.7 Å². The zero-order chi connectivity index (χ0) is 28.3. The molecular weight excluding hydrogens is 565 g/mol. The molecule has 1 aliphatic heterocycles. The lowest BCUT2D eigenvalue weighted by Crippen LogP contribution is -2.24. The molecule has 1 aliphatic rings. The molecular formula is C26H23F3N6O3S2. The Labute approximate surface area is 234 Å². The number of fused-ring (bicyclic) bond motifs is 1. The number of anilines is 3. The van der Waals surface area contributed by atoms with Crippen LogP contribution in [-0.2, 0) is 11.0 Å². The number of carbonyl (C=O) groups is 2. The highest BCUT2D eigenvalue weighted by Gasteiger charge is 2.34. The van der Waals surface area contributed by atoms with Gasteiger partial charge < -0.3 is 25.7 Å². The van der Waals surface area contributed by atoms with Crippen molar-refractivity contribution in [2.24, 2.45) is 0 Å². The van der Waals surface area contributed by atoms with Gasteiger partial charge in [0.15, 0.2) is 5.78 Å². The summed E-state index contributed by atoms with van der Waals surface area (Å²) in [6.07, 6.45) is -2.46. The van der Waals surface area contributed by atoms with E-state index in [2.05, 4.69) is 30.9 Å². The minimum atomic E-state index is -4.63. The molecule has 0 saturated carbocycles. The molecule has 1 amide bonds. The number of imidazole rings is 1. The van der Waals surface area contributed by atoms with Crippen LogP contribution < -0.4 is 20.7 Å². The summed E-state index contributed by atoms with van der Waals surface area (Å²) in [6, 6.07) is 11.9. The summed E-state index contributed by atoms with van der Waals surface area (Å²) < 4.78 is 47.4. The van der Waals surface area contributed by atoms with Crippen LogP contribution in [0.4, 0.5) is 30.5 Å². The van der Waals surface area contributed by atoms with Crippen LogP contribution in [0.3, 0.4) is 0 Å². The number of rotatable bonds is 9. The molecule has 0 bridgehead atoms. The summed E-state index contributed by atoms with van der Waals surface area (Å²) in [5.41, 5.74) is 0.457. The normalized spacial score (nSPS) is 15.2. The number of benzene rings is 2. The Hall–Kier alpha value is -3.91. The molecule has 14 heteroatoms. The van der Waals surface area contributed by atoms with Gasteiger partial charge in [-0.2, -0.15) is 13.2 Å². The van der Waals surface area contributed by atoms with Crippen molar-refractivity contribution in [2.45, 2.75) is 17.8 Å². The summed E-state index contributed by atoms with van der Waals surface area (Å²) in [5, 5.41) is 7.84. The Morgan fingerprint density at radius 2 is 1.95 bits per heavy atom. The first kappa shape index (κ1) is 27.6. The van der Waals surface area contributed by atoms with Gasteiger partial charge in [0.05, 0.1) is 28.4 Å². The number of alkyl halides is 3. The molecule has 40 heavy (non-hydrogen) atoms. The Kier molecular flexibility index (Phi) is 8.07. The molecule has 2 aromatic carbocycles. The summed E-state index contributed by atoms with van der Waals surface area (Å²) >= 11 is 0. The van der Waals surface area contributed by atoms with Crippen molar-refractivity contribution in [2.75, 3.05) is 30.0 Å². The summed E-state index contributed by atoms with van der Waals surface area (Å²) in [7, 11) is 4.56. The van der Waals surface area contributed by atoms with Gasteiger partial charge in [0.2, 0.25) is 5.95 Å². The van der Waals surface area contributed by atoms with Crippen molar-refractivity contribution in [3.63, 3.8) is 0 Å². The lowest BCUT2D eigenvalue weighted by molar-refractivity contribution is -0.137. The number of pyridine rings is 1.